The zero-order chi connectivity index (χ0) is 24.5. The molecule has 0 unspecified atom stereocenters. The van der Waals surface area contributed by atoms with Gasteiger partial charge in [0, 0.05) is 38.3 Å². The second-order valence-electron chi connectivity index (χ2n) is 9.55. The lowest BCUT2D eigenvalue weighted by molar-refractivity contribution is -0.121. The lowest BCUT2D eigenvalue weighted by atomic mass is 10.1. The number of carbonyl (C=O) groups is 2. The molecule has 6 rings (SSSR count). The topological polar surface area (TPSA) is 95.8 Å². The fraction of sp³-hybridized carbons (Fsp3) is 0.400. The summed E-state index contributed by atoms with van der Waals surface area (Å²) in [6.45, 7) is 4.89. The van der Waals surface area contributed by atoms with E-state index in [9.17, 15) is 18.0 Å². The van der Waals surface area contributed by atoms with Crippen LogP contribution in [-0.2, 0) is 32.6 Å². The number of rotatable bonds is 3. The average Bonchev–Trinajstić information content (AvgIpc) is 3.59. The van der Waals surface area contributed by atoms with E-state index in [1.807, 2.05) is 35.8 Å². The number of hydrogen-bond acceptors (Lipinski definition) is 5. The first-order valence-corrected chi connectivity index (χ1v) is 13.4. The Bertz CT molecular complexity index is 1480. The van der Waals surface area contributed by atoms with E-state index >= 15 is 0 Å². The van der Waals surface area contributed by atoms with Gasteiger partial charge < -0.3 is 9.47 Å². The van der Waals surface area contributed by atoms with Crippen LogP contribution in [-0.4, -0.2) is 59.3 Å². The van der Waals surface area contributed by atoms with Crippen molar-refractivity contribution in [3.8, 4) is 0 Å². The SMILES string of the molecule is CC(=O)N1c2ccc(S(=O)(=O)N3CCC[C@H]3C(=O)N3CCn4c3nc3ccccc34)cc2C[C@H]1C. The zero-order valence-electron chi connectivity index (χ0n) is 19.7. The van der Waals surface area contributed by atoms with Crippen LogP contribution in [0.2, 0.25) is 0 Å². The van der Waals surface area contributed by atoms with Crippen LogP contribution < -0.4 is 9.80 Å². The Morgan fingerprint density at radius 3 is 2.66 bits per heavy atom. The van der Waals surface area contributed by atoms with Gasteiger partial charge in [-0.3, -0.25) is 14.5 Å². The molecule has 182 valence electrons. The second-order valence-corrected chi connectivity index (χ2v) is 11.4. The number of sulfonamides is 1. The highest BCUT2D eigenvalue weighted by Gasteiger charge is 2.44. The van der Waals surface area contributed by atoms with E-state index in [0.29, 0.717) is 44.8 Å². The van der Waals surface area contributed by atoms with E-state index in [4.69, 9.17) is 0 Å². The van der Waals surface area contributed by atoms with Crippen molar-refractivity contribution in [1.82, 2.24) is 13.9 Å². The van der Waals surface area contributed by atoms with Gasteiger partial charge in [0.1, 0.15) is 6.04 Å². The van der Waals surface area contributed by atoms with Crippen molar-refractivity contribution in [3.63, 3.8) is 0 Å². The molecule has 0 spiro atoms. The molecule has 0 bridgehead atoms. The maximum absolute atomic E-state index is 13.7. The van der Waals surface area contributed by atoms with Crippen molar-refractivity contribution in [3.05, 3.63) is 48.0 Å². The predicted octanol–water partition coefficient (Wildman–Crippen LogP) is 2.53. The van der Waals surface area contributed by atoms with Gasteiger partial charge in [-0.2, -0.15) is 4.31 Å². The van der Waals surface area contributed by atoms with Crippen LogP contribution in [0.25, 0.3) is 11.0 Å². The standard InChI is InChI=1S/C25H27N5O4S/c1-16-14-18-15-19(9-10-21(18)30(16)17(2)31)35(33,34)29-11-5-8-23(29)24(32)28-13-12-27-22-7-4-3-6-20(22)26-25(27)28/h3-4,6-7,9-10,15-16,23H,5,8,11-14H2,1-2H3/t16-,23+/m1/s1. The first-order valence-electron chi connectivity index (χ1n) is 12.0. The molecule has 0 aliphatic carbocycles. The maximum Gasteiger partial charge on any atom is 0.247 e. The van der Waals surface area contributed by atoms with E-state index in [2.05, 4.69) is 4.98 Å². The van der Waals surface area contributed by atoms with Gasteiger partial charge in [-0.05, 0) is 62.1 Å². The molecular weight excluding hydrogens is 466 g/mol. The van der Waals surface area contributed by atoms with E-state index in [0.717, 1.165) is 22.3 Å². The summed E-state index contributed by atoms with van der Waals surface area (Å²) in [5.41, 5.74) is 3.39. The van der Waals surface area contributed by atoms with Crippen LogP contribution in [0.1, 0.15) is 32.3 Å². The molecule has 2 amide bonds. The summed E-state index contributed by atoms with van der Waals surface area (Å²) in [6.07, 6.45) is 1.71. The van der Waals surface area contributed by atoms with E-state index in [-0.39, 0.29) is 22.8 Å². The van der Waals surface area contributed by atoms with Gasteiger partial charge in [-0.25, -0.2) is 13.4 Å². The highest BCUT2D eigenvalue weighted by atomic mass is 32.2. The van der Waals surface area contributed by atoms with Gasteiger partial charge in [-0.1, -0.05) is 12.1 Å². The number of nitrogens with zero attached hydrogens (tertiary/aromatic N) is 5. The Hall–Kier alpha value is -3.24. The summed E-state index contributed by atoms with van der Waals surface area (Å²) in [4.78, 5) is 33.8. The van der Waals surface area contributed by atoms with Crippen molar-refractivity contribution in [1.29, 1.82) is 0 Å². The number of aromatic nitrogens is 2. The Labute approximate surface area is 204 Å². The molecule has 3 aliphatic rings. The summed E-state index contributed by atoms with van der Waals surface area (Å²) in [7, 11) is -3.89. The molecule has 9 nitrogen and oxygen atoms in total. The van der Waals surface area contributed by atoms with Crippen molar-refractivity contribution in [2.24, 2.45) is 0 Å². The summed E-state index contributed by atoms with van der Waals surface area (Å²) in [6, 6.07) is 11.9. The Balaban J connectivity index is 1.30. The Kier molecular flexibility index (Phi) is 5.01. The molecule has 4 heterocycles. The minimum atomic E-state index is -3.89. The minimum Gasteiger partial charge on any atom is -0.309 e. The minimum absolute atomic E-state index is 0.0176. The number of benzene rings is 2. The molecule has 3 aliphatic heterocycles. The first kappa shape index (κ1) is 22.2. The third-order valence-corrected chi connectivity index (χ3v) is 9.29. The number of imidazole rings is 1. The van der Waals surface area contributed by atoms with Crippen LogP contribution >= 0.6 is 0 Å². The first-order chi connectivity index (χ1) is 16.8. The fourth-order valence-corrected chi connectivity index (χ4v) is 7.54. The van der Waals surface area contributed by atoms with Gasteiger partial charge in [0.05, 0.1) is 15.9 Å². The van der Waals surface area contributed by atoms with Crippen LogP contribution in [0.3, 0.4) is 0 Å². The number of anilines is 2. The van der Waals surface area contributed by atoms with Gasteiger partial charge >= 0.3 is 0 Å². The number of amides is 2. The normalized spacial score (nSPS) is 22.1. The second kappa shape index (κ2) is 7.89. The van der Waals surface area contributed by atoms with Crippen LogP contribution in [0.4, 0.5) is 11.6 Å². The third kappa shape index (κ3) is 3.30. The third-order valence-electron chi connectivity index (χ3n) is 7.39. The van der Waals surface area contributed by atoms with Crippen LogP contribution in [0, 0.1) is 0 Å². The summed E-state index contributed by atoms with van der Waals surface area (Å²) < 4.78 is 30.8. The van der Waals surface area contributed by atoms with Crippen LogP contribution in [0.15, 0.2) is 47.4 Å². The van der Waals surface area contributed by atoms with Crippen molar-refractivity contribution >= 4 is 44.5 Å². The molecule has 1 aromatic heterocycles. The summed E-state index contributed by atoms with van der Waals surface area (Å²) in [5.74, 6) is 0.294. The number of hydrogen-bond donors (Lipinski definition) is 0. The summed E-state index contributed by atoms with van der Waals surface area (Å²) in [5, 5.41) is 0. The zero-order valence-corrected chi connectivity index (χ0v) is 20.5. The van der Waals surface area contributed by atoms with Crippen molar-refractivity contribution in [2.75, 3.05) is 22.9 Å². The average molecular weight is 494 g/mol. The van der Waals surface area contributed by atoms with Gasteiger partial charge in [0.2, 0.25) is 27.8 Å². The molecule has 1 fully saturated rings. The molecule has 3 aromatic rings. The maximum atomic E-state index is 13.7. The molecule has 2 atom stereocenters. The largest absolute Gasteiger partial charge is 0.309 e. The number of para-hydroxylation sites is 2. The molecule has 10 heteroatoms. The van der Waals surface area contributed by atoms with E-state index in [1.165, 1.54) is 11.2 Å². The van der Waals surface area contributed by atoms with Gasteiger partial charge in [0.25, 0.3) is 0 Å². The van der Waals surface area contributed by atoms with Crippen LogP contribution in [0.5, 0.6) is 0 Å². The fourth-order valence-electron chi connectivity index (χ4n) is 5.84. The highest BCUT2D eigenvalue weighted by molar-refractivity contribution is 7.89. The molecule has 0 radical (unpaired) electrons. The van der Waals surface area contributed by atoms with Crippen molar-refractivity contribution in [2.45, 2.75) is 56.6 Å². The molecule has 1 saturated heterocycles. The molecular formula is C25H27N5O4S. The molecule has 35 heavy (non-hydrogen) atoms. The molecule has 0 saturated carbocycles. The van der Waals surface area contributed by atoms with Gasteiger partial charge in [-0.15, -0.1) is 0 Å². The van der Waals surface area contributed by atoms with E-state index in [1.54, 1.807) is 28.0 Å². The van der Waals surface area contributed by atoms with Gasteiger partial charge in [0.15, 0.2) is 0 Å². The number of carbonyl (C=O) groups excluding carboxylic acids is 2. The van der Waals surface area contributed by atoms with E-state index < -0.39 is 16.1 Å². The summed E-state index contributed by atoms with van der Waals surface area (Å²) >= 11 is 0. The number of fused-ring (bicyclic) bond motifs is 4. The smallest absolute Gasteiger partial charge is 0.247 e. The van der Waals surface area contributed by atoms with Crippen molar-refractivity contribution < 1.29 is 18.0 Å². The lowest BCUT2D eigenvalue weighted by Crippen LogP contribution is -2.47. The Morgan fingerprint density at radius 1 is 1.06 bits per heavy atom. The Morgan fingerprint density at radius 2 is 1.86 bits per heavy atom. The lowest BCUT2D eigenvalue weighted by Gasteiger charge is -2.26. The predicted molar refractivity (Wildman–Crippen MR) is 132 cm³/mol. The molecule has 0 N–H and O–H groups in total. The highest BCUT2D eigenvalue weighted by Crippen LogP contribution is 2.36. The quantitative estimate of drug-likeness (QED) is 0.559. The monoisotopic (exact) mass is 493 g/mol. The molecule has 2 aromatic carbocycles.